The van der Waals surface area contributed by atoms with Gasteiger partial charge in [-0.2, -0.15) is 5.10 Å². The van der Waals surface area contributed by atoms with E-state index in [-0.39, 0.29) is 16.8 Å². The predicted octanol–water partition coefficient (Wildman–Crippen LogP) is 6.41. The van der Waals surface area contributed by atoms with Crippen molar-refractivity contribution >= 4 is 35.0 Å². The first-order valence-corrected chi connectivity index (χ1v) is 13.8. The van der Waals surface area contributed by atoms with Crippen molar-refractivity contribution < 1.29 is 33.0 Å². The number of pyridine rings is 1. The molecule has 1 fully saturated rings. The van der Waals surface area contributed by atoms with Gasteiger partial charge in [-0.05, 0) is 99.6 Å². The topological polar surface area (TPSA) is 127 Å². The van der Waals surface area contributed by atoms with Gasteiger partial charge < -0.3 is 15.2 Å². The zero-order valence-electron chi connectivity index (χ0n) is 23.9. The SMILES string of the molecule is CC(C)(C)OC(=O)N(CC1CC1)c1cc(C2=CC(C(=O)Nc3cn(-c4ccc(C(=O)O)cc4)nc3C(F)F)=CC2)ccn1. The van der Waals surface area contributed by atoms with Crippen LogP contribution < -0.4 is 10.2 Å². The molecule has 2 aliphatic carbocycles. The van der Waals surface area contributed by atoms with Crippen LogP contribution in [0.1, 0.15) is 68.1 Å². The molecule has 224 valence electrons. The maximum atomic E-state index is 13.8. The van der Waals surface area contributed by atoms with Crippen molar-refractivity contribution in [2.75, 3.05) is 16.8 Å². The number of nitrogens with zero attached hydrogens (tertiary/aromatic N) is 4. The molecule has 0 atom stereocenters. The summed E-state index contributed by atoms with van der Waals surface area (Å²) in [4.78, 5) is 43.2. The largest absolute Gasteiger partial charge is 0.478 e. The van der Waals surface area contributed by atoms with Crippen molar-refractivity contribution in [1.29, 1.82) is 0 Å². The highest BCUT2D eigenvalue weighted by atomic mass is 19.3. The fraction of sp³-hybridized carbons (Fsp3) is 0.323. The maximum absolute atomic E-state index is 13.8. The van der Waals surface area contributed by atoms with Crippen LogP contribution in [0.25, 0.3) is 11.3 Å². The molecule has 2 aromatic heterocycles. The molecular formula is C31H31F2N5O5. The van der Waals surface area contributed by atoms with Crippen LogP contribution >= 0.6 is 0 Å². The Morgan fingerprint density at radius 3 is 2.51 bits per heavy atom. The van der Waals surface area contributed by atoms with Crippen molar-refractivity contribution in [3.63, 3.8) is 0 Å². The van der Waals surface area contributed by atoms with E-state index in [0.717, 1.165) is 28.7 Å². The number of hydrogen-bond acceptors (Lipinski definition) is 6. The monoisotopic (exact) mass is 591 g/mol. The summed E-state index contributed by atoms with van der Waals surface area (Å²) in [6, 6.07) is 9.09. The van der Waals surface area contributed by atoms with E-state index in [2.05, 4.69) is 15.4 Å². The van der Waals surface area contributed by atoms with Gasteiger partial charge in [-0.1, -0.05) is 6.08 Å². The van der Waals surface area contributed by atoms with Gasteiger partial charge in [-0.25, -0.2) is 28.0 Å². The number of ether oxygens (including phenoxy) is 1. The molecule has 0 unspecified atom stereocenters. The molecular weight excluding hydrogens is 560 g/mol. The minimum Gasteiger partial charge on any atom is -0.478 e. The van der Waals surface area contributed by atoms with Crippen LogP contribution in [-0.2, 0) is 9.53 Å². The maximum Gasteiger partial charge on any atom is 0.416 e. The standard InChI is InChI=1S/C31H31F2N5O5/c1-31(2,3)43-30(42)37(16-18-4-5-18)25-15-21(12-13-34-25)20-6-7-22(14-20)28(39)35-24-17-38(36-26(24)27(32)33)23-10-8-19(9-11-23)29(40)41/h7-15,17-18,27H,4-6,16H2,1-3H3,(H,35,39)(H,40,41). The lowest BCUT2D eigenvalue weighted by atomic mass is 10.1. The highest BCUT2D eigenvalue weighted by molar-refractivity contribution is 6.08. The molecule has 0 bridgehead atoms. The number of alkyl halides is 2. The van der Waals surface area contributed by atoms with E-state index in [9.17, 15) is 23.2 Å². The molecule has 12 heteroatoms. The number of benzene rings is 1. The van der Waals surface area contributed by atoms with Gasteiger partial charge in [-0.15, -0.1) is 0 Å². The second-order valence-corrected chi connectivity index (χ2v) is 11.4. The van der Waals surface area contributed by atoms with E-state index in [1.54, 1.807) is 56.2 Å². The average Bonchev–Trinajstić information content (AvgIpc) is 3.45. The van der Waals surface area contributed by atoms with Crippen molar-refractivity contribution in [3.8, 4) is 5.69 Å². The van der Waals surface area contributed by atoms with Gasteiger partial charge in [0.15, 0.2) is 5.69 Å². The second-order valence-electron chi connectivity index (χ2n) is 11.4. The Morgan fingerprint density at radius 2 is 1.88 bits per heavy atom. The third kappa shape index (κ3) is 7.14. The molecule has 0 saturated heterocycles. The number of carbonyl (C=O) groups is 3. The quantitative estimate of drug-likeness (QED) is 0.295. The number of nitrogens with one attached hydrogen (secondary N) is 1. The van der Waals surface area contributed by atoms with Crippen LogP contribution in [0.4, 0.5) is 25.1 Å². The van der Waals surface area contributed by atoms with Gasteiger partial charge in [0.1, 0.15) is 11.4 Å². The third-order valence-electron chi connectivity index (χ3n) is 6.85. The summed E-state index contributed by atoms with van der Waals surface area (Å²) in [5.41, 5.74) is 0.796. The molecule has 5 rings (SSSR count). The Hall–Kier alpha value is -4.87. The van der Waals surface area contributed by atoms with E-state index in [1.165, 1.54) is 30.5 Å². The zero-order chi connectivity index (χ0) is 30.9. The van der Waals surface area contributed by atoms with Crippen molar-refractivity contribution in [3.05, 3.63) is 83.3 Å². The number of anilines is 2. The fourth-order valence-electron chi connectivity index (χ4n) is 4.52. The molecule has 0 spiro atoms. The van der Waals surface area contributed by atoms with Crippen LogP contribution in [0.5, 0.6) is 0 Å². The summed E-state index contributed by atoms with van der Waals surface area (Å²) >= 11 is 0. The van der Waals surface area contributed by atoms with Crippen LogP contribution in [0, 0.1) is 5.92 Å². The molecule has 2 N–H and O–H groups in total. The van der Waals surface area contributed by atoms with Gasteiger partial charge in [0, 0.05) is 18.3 Å². The van der Waals surface area contributed by atoms with Gasteiger partial charge >= 0.3 is 12.1 Å². The molecule has 2 amide bonds. The average molecular weight is 592 g/mol. The number of carboxylic acid groups (broad SMARTS) is 1. The number of aromatic carboxylic acids is 1. The lowest BCUT2D eigenvalue weighted by Crippen LogP contribution is -2.38. The Balaban J connectivity index is 1.33. The van der Waals surface area contributed by atoms with Crippen LogP contribution in [-0.4, -0.2) is 50.0 Å². The Morgan fingerprint density at radius 1 is 1.16 bits per heavy atom. The number of halogens is 2. The van der Waals surface area contributed by atoms with Crippen LogP contribution in [0.2, 0.25) is 0 Å². The summed E-state index contributed by atoms with van der Waals surface area (Å²) in [5.74, 6) is -0.863. The molecule has 10 nitrogen and oxygen atoms in total. The highest BCUT2D eigenvalue weighted by Crippen LogP contribution is 2.34. The highest BCUT2D eigenvalue weighted by Gasteiger charge is 2.31. The number of hydrogen-bond donors (Lipinski definition) is 2. The van der Waals surface area contributed by atoms with Gasteiger partial charge in [0.05, 0.1) is 23.1 Å². The molecule has 43 heavy (non-hydrogen) atoms. The van der Waals surface area contributed by atoms with E-state index in [4.69, 9.17) is 9.84 Å². The van der Waals surface area contributed by atoms with E-state index >= 15 is 0 Å². The second kappa shape index (κ2) is 11.8. The zero-order valence-corrected chi connectivity index (χ0v) is 23.9. The predicted molar refractivity (Wildman–Crippen MR) is 155 cm³/mol. The minimum absolute atomic E-state index is 0.0380. The Bertz CT molecular complexity index is 1620. The minimum atomic E-state index is -2.96. The summed E-state index contributed by atoms with van der Waals surface area (Å²) in [5, 5.41) is 15.5. The molecule has 1 saturated carbocycles. The first-order chi connectivity index (χ1) is 20.4. The lowest BCUT2D eigenvalue weighted by Gasteiger charge is -2.27. The van der Waals surface area contributed by atoms with Crippen LogP contribution in [0.3, 0.4) is 0 Å². The van der Waals surface area contributed by atoms with Crippen LogP contribution in [0.15, 0.2) is 66.5 Å². The van der Waals surface area contributed by atoms with Crippen molar-refractivity contribution in [1.82, 2.24) is 14.8 Å². The van der Waals surface area contributed by atoms with Crippen molar-refractivity contribution in [2.45, 2.75) is 52.1 Å². The smallest absolute Gasteiger partial charge is 0.416 e. The third-order valence-corrected chi connectivity index (χ3v) is 6.85. The molecule has 2 aliphatic rings. The number of allylic oxidation sites excluding steroid dienone is 2. The number of carbonyl (C=O) groups excluding carboxylic acids is 2. The summed E-state index contributed by atoms with van der Waals surface area (Å²) in [6.07, 6.45) is 5.27. The number of aromatic nitrogens is 3. The Labute approximate surface area is 246 Å². The molecule has 0 aliphatic heterocycles. The van der Waals surface area contributed by atoms with Gasteiger partial charge in [-0.3, -0.25) is 9.69 Å². The number of carboxylic acids is 1. The van der Waals surface area contributed by atoms with Gasteiger partial charge in [0.25, 0.3) is 12.3 Å². The lowest BCUT2D eigenvalue weighted by molar-refractivity contribution is -0.112. The van der Waals surface area contributed by atoms with Gasteiger partial charge in [0.2, 0.25) is 0 Å². The summed E-state index contributed by atoms with van der Waals surface area (Å²) in [7, 11) is 0. The first kappa shape index (κ1) is 29.6. The number of rotatable bonds is 9. The van der Waals surface area contributed by atoms with E-state index in [0.29, 0.717) is 30.4 Å². The normalized spacial score (nSPS) is 14.7. The Kier molecular flexibility index (Phi) is 8.12. The molecule has 2 heterocycles. The van der Waals surface area contributed by atoms with E-state index < -0.39 is 35.7 Å². The number of amides is 2. The summed E-state index contributed by atoms with van der Waals surface area (Å²) in [6.45, 7) is 5.92. The fourth-order valence-corrected chi connectivity index (χ4v) is 4.52. The summed E-state index contributed by atoms with van der Waals surface area (Å²) < 4.78 is 34.4. The molecule has 0 radical (unpaired) electrons. The molecule has 1 aromatic carbocycles. The van der Waals surface area contributed by atoms with E-state index in [1.807, 2.05) is 0 Å². The van der Waals surface area contributed by atoms with Crippen molar-refractivity contribution in [2.24, 2.45) is 5.92 Å². The molecule has 3 aromatic rings. The first-order valence-electron chi connectivity index (χ1n) is 13.8.